The van der Waals surface area contributed by atoms with Crippen molar-refractivity contribution < 1.29 is 9.59 Å². The Kier molecular flexibility index (Phi) is 6.40. The average molecular weight is 374 g/mol. The van der Waals surface area contributed by atoms with Gasteiger partial charge >= 0.3 is 0 Å². The molecule has 0 aliphatic heterocycles. The summed E-state index contributed by atoms with van der Waals surface area (Å²) >= 11 is 6.10. The van der Waals surface area contributed by atoms with E-state index in [0.29, 0.717) is 22.8 Å². The lowest BCUT2D eigenvalue weighted by molar-refractivity contribution is -0.123. The van der Waals surface area contributed by atoms with Crippen molar-refractivity contribution in [2.24, 2.45) is 5.41 Å². The summed E-state index contributed by atoms with van der Waals surface area (Å²) in [4.78, 5) is 24.9. The fourth-order valence-corrected chi connectivity index (χ4v) is 2.46. The first-order valence-electron chi connectivity index (χ1n) is 8.38. The first kappa shape index (κ1) is 19.9. The number of halogens is 1. The molecule has 3 N–H and O–H groups in total. The molecule has 0 spiro atoms. The number of para-hydroxylation sites is 1. The minimum absolute atomic E-state index is 0.148. The van der Waals surface area contributed by atoms with Gasteiger partial charge in [-0.15, -0.1) is 0 Å². The van der Waals surface area contributed by atoms with E-state index in [1.807, 2.05) is 52.0 Å². The zero-order valence-corrected chi connectivity index (χ0v) is 16.2. The quantitative estimate of drug-likeness (QED) is 0.692. The van der Waals surface area contributed by atoms with Crippen molar-refractivity contribution in [2.75, 3.05) is 5.32 Å². The average Bonchev–Trinajstić information content (AvgIpc) is 2.57. The highest BCUT2D eigenvalue weighted by Crippen LogP contribution is 2.24. The lowest BCUT2D eigenvalue weighted by atomic mass is 9.95. The molecule has 5 nitrogen and oxygen atoms in total. The van der Waals surface area contributed by atoms with Gasteiger partial charge in [0.15, 0.2) is 0 Å². The second kappa shape index (κ2) is 8.34. The van der Waals surface area contributed by atoms with Crippen LogP contribution in [0.1, 0.15) is 42.3 Å². The molecule has 2 rings (SSSR count). The van der Waals surface area contributed by atoms with Crippen LogP contribution in [0, 0.1) is 12.3 Å². The summed E-state index contributed by atoms with van der Waals surface area (Å²) in [7, 11) is 0. The van der Waals surface area contributed by atoms with Crippen molar-refractivity contribution in [2.45, 2.75) is 34.2 Å². The normalized spacial score (nSPS) is 11.1. The number of hydrogen-bond donors (Lipinski definition) is 3. The Morgan fingerprint density at radius 1 is 1.04 bits per heavy atom. The summed E-state index contributed by atoms with van der Waals surface area (Å²) in [6.07, 6.45) is 0. The Morgan fingerprint density at radius 2 is 1.73 bits per heavy atom. The Morgan fingerprint density at radius 3 is 2.38 bits per heavy atom. The molecule has 0 unspecified atom stereocenters. The van der Waals surface area contributed by atoms with Gasteiger partial charge in [-0.1, -0.05) is 62.7 Å². The van der Waals surface area contributed by atoms with E-state index in [9.17, 15) is 9.59 Å². The fraction of sp³-hybridized carbons (Fsp3) is 0.300. The van der Waals surface area contributed by atoms with Crippen LogP contribution in [0.2, 0.25) is 5.02 Å². The molecule has 26 heavy (non-hydrogen) atoms. The lowest BCUT2D eigenvalue weighted by Gasteiger charge is -2.20. The molecule has 0 aromatic heterocycles. The molecule has 0 atom stereocenters. The van der Waals surface area contributed by atoms with Gasteiger partial charge in [-0.25, -0.2) is 5.43 Å². The summed E-state index contributed by atoms with van der Waals surface area (Å²) in [6, 6.07) is 12.7. The van der Waals surface area contributed by atoms with Gasteiger partial charge in [0.25, 0.3) is 5.91 Å². The molecule has 138 valence electrons. The highest BCUT2D eigenvalue weighted by atomic mass is 35.5. The highest BCUT2D eigenvalue weighted by Gasteiger charge is 2.24. The summed E-state index contributed by atoms with van der Waals surface area (Å²) in [6.45, 7) is 7.72. The van der Waals surface area contributed by atoms with Crippen LogP contribution in [0.15, 0.2) is 42.5 Å². The Hall–Kier alpha value is -2.37. The third kappa shape index (κ3) is 5.07. The number of anilines is 1. The van der Waals surface area contributed by atoms with Crippen molar-refractivity contribution in [3.63, 3.8) is 0 Å². The van der Waals surface area contributed by atoms with Gasteiger partial charge in [-0.05, 0) is 30.2 Å². The molecule has 0 fully saturated rings. The Bertz CT molecular complexity index is 813. The molecule has 0 bridgehead atoms. The predicted octanol–water partition coefficient (Wildman–Crippen LogP) is 4.07. The fourth-order valence-electron chi connectivity index (χ4n) is 2.25. The van der Waals surface area contributed by atoms with E-state index in [1.54, 1.807) is 18.2 Å². The molecule has 0 aliphatic rings. The highest BCUT2D eigenvalue weighted by molar-refractivity contribution is 6.31. The van der Waals surface area contributed by atoms with Gasteiger partial charge in [-0.3, -0.25) is 15.0 Å². The first-order chi connectivity index (χ1) is 12.2. The van der Waals surface area contributed by atoms with Gasteiger partial charge in [0, 0.05) is 17.0 Å². The van der Waals surface area contributed by atoms with E-state index in [-0.39, 0.29) is 11.8 Å². The smallest absolute Gasteiger partial charge is 0.267 e. The molecule has 2 aromatic carbocycles. The van der Waals surface area contributed by atoms with E-state index in [2.05, 4.69) is 16.2 Å². The van der Waals surface area contributed by atoms with Crippen LogP contribution in [0.3, 0.4) is 0 Å². The van der Waals surface area contributed by atoms with Gasteiger partial charge in [0.1, 0.15) is 0 Å². The zero-order valence-electron chi connectivity index (χ0n) is 15.4. The van der Waals surface area contributed by atoms with Crippen molar-refractivity contribution >= 4 is 29.1 Å². The van der Waals surface area contributed by atoms with Crippen LogP contribution in [-0.2, 0) is 11.3 Å². The lowest BCUT2D eigenvalue weighted by Crippen LogP contribution is -2.38. The summed E-state index contributed by atoms with van der Waals surface area (Å²) < 4.78 is 0. The van der Waals surface area contributed by atoms with E-state index in [1.165, 1.54) is 0 Å². The number of carbonyl (C=O) groups excluding carboxylic acids is 2. The Labute approximate surface area is 159 Å². The van der Waals surface area contributed by atoms with Crippen molar-refractivity contribution in [3.8, 4) is 0 Å². The summed E-state index contributed by atoms with van der Waals surface area (Å²) in [5.41, 5.74) is 7.58. The van der Waals surface area contributed by atoms with Gasteiger partial charge in [-0.2, -0.15) is 0 Å². The van der Waals surface area contributed by atoms with Crippen molar-refractivity contribution in [1.82, 2.24) is 10.9 Å². The number of hydrazine groups is 1. The second-order valence-corrected chi connectivity index (χ2v) is 7.51. The van der Waals surface area contributed by atoms with E-state index in [0.717, 1.165) is 11.1 Å². The monoisotopic (exact) mass is 373 g/mol. The van der Waals surface area contributed by atoms with Gasteiger partial charge in [0.2, 0.25) is 5.91 Å². The third-order valence-electron chi connectivity index (χ3n) is 3.88. The van der Waals surface area contributed by atoms with E-state index < -0.39 is 5.41 Å². The third-order valence-corrected chi connectivity index (χ3v) is 4.24. The SMILES string of the molecule is Cc1cccc(C(=O)NNCc2ccccc2Cl)c1NC(=O)C(C)(C)C. The van der Waals surface area contributed by atoms with Gasteiger partial charge in [0.05, 0.1) is 11.3 Å². The minimum Gasteiger partial charge on any atom is -0.325 e. The van der Waals surface area contributed by atoms with Crippen LogP contribution >= 0.6 is 11.6 Å². The van der Waals surface area contributed by atoms with Crippen LogP contribution in [0.5, 0.6) is 0 Å². The second-order valence-electron chi connectivity index (χ2n) is 7.10. The molecule has 0 saturated carbocycles. The van der Waals surface area contributed by atoms with Crippen LogP contribution in [-0.4, -0.2) is 11.8 Å². The van der Waals surface area contributed by atoms with Crippen molar-refractivity contribution in [3.05, 3.63) is 64.2 Å². The number of rotatable bonds is 5. The standard InChI is InChI=1S/C20H24ClN3O2/c1-13-8-7-10-15(17(13)23-19(26)20(2,3)4)18(25)24-22-12-14-9-5-6-11-16(14)21/h5-11,22H,12H2,1-4H3,(H,23,26)(H,24,25). The summed E-state index contributed by atoms with van der Waals surface area (Å²) in [5.74, 6) is -0.477. The first-order valence-corrected chi connectivity index (χ1v) is 8.75. The van der Waals surface area contributed by atoms with Crippen molar-refractivity contribution in [1.29, 1.82) is 0 Å². The van der Waals surface area contributed by atoms with E-state index >= 15 is 0 Å². The molecule has 0 heterocycles. The number of benzene rings is 2. The molecule has 2 amide bonds. The molecule has 0 radical (unpaired) electrons. The Balaban J connectivity index is 2.10. The molecule has 0 saturated heterocycles. The molecular weight excluding hydrogens is 350 g/mol. The molecule has 0 aliphatic carbocycles. The van der Waals surface area contributed by atoms with Crippen LogP contribution in [0.25, 0.3) is 0 Å². The summed E-state index contributed by atoms with van der Waals surface area (Å²) in [5, 5.41) is 3.50. The predicted molar refractivity (Wildman–Crippen MR) is 105 cm³/mol. The van der Waals surface area contributed by atoms with Crippen LogP contribution < -0.4 is 16.2 Å². The number of nitrogens with one attached hydrogen (secondary N) is 3. The van der Waals surface area contributed by atoms with E-state index in [4.69, 9.17) is 11.6 Å². The van der Waals surface area contributed by atoms with Gasteiger partial charge < -0.3 is 5.32 Å². The topological polar surface area (TPSA) is 70.2 Å². The number of amides is 2. The number of hydrogen-bond acceptors (Lipinski definition) is 3. The minimum atomic E-state index is -0.557. The number of carbonyl (C=O) groups is 2. The maximum Gasteiger partial charge on any atom is 0.267 e. The van der Waals surface area contributed by atoms with Crippen LogP contribution in [0.4, 0.5) is 5.69 Å². The molecule has 2 aromatic rings. The largest absolute Gasteiger partial charge is 0.325 e. The molecular formula is C20H24ClN3O2. The maximum absolute atomic E-state index is 12.6. The maximum atomic E-state index is 12.6. The molecule has 6 heteroatoms. The zero-order chi connectivity index (χ0) is 19.3. The number of aryl methyl sites for hydroxylation is 1.